The molecule has 4 heteroatoms. The van der Waals surface area contributed by atoms with Crippen LogP contribution in [0.2, 0.25) is 0 Å². The standard InChI is InChI=1S/C9H7BrOS2/c10-3-5-4-13-9-7(5)1-6(12)2-8(9)11/h1-2,4,11-12H,3H2. The van der Waals surface area contributed by atoms with E-state index < -0.39 is 0 Å². The summed E-state index contributed by atoms with van der Waals surface area (Å²) >= 11 is 9.19. The molecular weight excluding hydrogens is 268 g/mol. The highest BCUT2D eigenvalue weighted by atomic mass is 79.9. The molecule has 1 heterocycles. The molecule has 0 spiro atoms. The average Bonchev–Trinajstić information content (AvgIpc) is 2.47. The Morgan fingerprint density at radius 1 is 1.46 bits per heavy atom. The maximum atomic E-state index is 9.61. The highest BCUT2D eigenvalue weighted by molar-refractivity contribution is 9.08. The lowest BCUT2D eigenvalue weighted by molar-refractivity contribution is 0.481. The summed E-state index contributed by atoms with van der Waals surface area (Å²) in [6.45, 7) is 0. The van der Waals surface area contributed by atoms with Gasteiger partial charge in [-0.3, -0.25) is 0 Å². The number of thiol groups is 1. The van der Waals surface area contributed by atoms with Gasteiger partial charge in [0, 0.05) is 15.6 Å². The van der Waals surface area contributed by atoms with E-state index in [2.05, 4.69) is 28.6 Å². The fraction of sp³-hybridized carbons (Fsp3) is 0.111. The van der Waals surface area contributed by atoms with Crippen LogP contribution in [-0.4, -0.2) is 5.11 Å². The highest BCUT2D eigenvalue weighted by Gasteiger charge is 2.07. The van der Waals surface area contributed by atoms with Gasteiger partial charge in [-0.1, -0.05) is 15.9 Å². The molecule has 1 nitrogen and oxygen atoms in total. The van der Waals surface area contributed by atoms with Gasteiger partial charge in [0.1, 0.15) is 5.75 Å². The fourth-order valence-corrected chi connectivity index (χ4v) is 3.15. The van der Waals surface area contributed by atoms with Gasteiger partial charge in [0.15, 0.2) is 0 Å². The molecule has 68 valence electrons. The molecule has 0 saturated heterocycles. The minimum absolute atomic E-state index is 0.319. The van der Waals surface area contributed by atoms with Gasteiger partial charge >= 0.3 is 0 Å². The third-order valence-electron chi connectivity index (χ3n) is 1.86. The van der Waals surface area contributed by atoms with Gasteiger partial charge in [-0.2, -0.15) is 0 Å². The Kier molecular flexibility index (Phi) is 2.53. The van der Waals surface area contributed by atoms with Gasteiger partial charge < -0.3 is 5.11 Å². The SMILES string of the molecule is Oc1cc(S)cc2c(CBr)csc12. The minimum atomic E-state index is 0.319. The van der Waals surface area contributed by atoms with E-state index in [9.17, 15) is 5.11 Å². The monoisotopic (exact) mass is 274 g/mol. The zero-order valence-corrected chi connectivity index (χ0v) is 9.92. The second-order valence-electron chi connectivity index (χ2n) is 2.74. The number of aromatic hydroxyl groups is 1. The summed E-state index contributed by atoms with van der Waals surface area (Å²) in [6.07, 6.45) is 0. The number of phenolic OH excluding ortho intramolecular Hbond substituents is 1. The number of benzene rings is 1. The Bertz CT molecular complexity index is 450. The van der Waals surface area contributed by atoms with Crippen molar-refractivity contribution in [2.24, 2.45) is 0 Å². The van der Waals surface area contributed by atoms with Crippen LogP contribution < -0.4 is 0 Å². The average molecular weight is 275 g/mol. The second-order valence-corrected chi connectivity index (χ2v) is 4.69. The van der Waals surface area contributed by atoms with Crippen molar-refractivity contribution in [1.29, 1.82) is 0 Å². The first kappa shape index (κ1) is 9.37. The predicted molar refractivity (Wildman–Crippen MR) is 63.4 cm³/mol. The van der Waals surface area contributed by atoms with E-state index >= 15 is 0 Å². The molecule has 1 N–H and O–H groups in total. The Morgan fingerprint density at radius 2 is 2.23 bits per heavy atom. The molecule has 0 aliphatic heterocycles. The van der Waals surface area contributed by atoms with Gasteiger partial charge in [0.2, 0.25) is 0 Å². The van der Waals surface area contributed by atoms with Crippen molar-refractivity contribution in [3.8, 4) is 5.75 Å². The van der Waals surface area contributed by atoms with Gasteiger partial charge in [-0.15, -0.1) is 24.0 Å². The van der Waals surface area contributed by atoms with E-state index in [1.807, 2.05) is 11.4 Å². The maximum absolute atomic E-state index is 9.61. The van der Waals surface area contributed by atoms with Crippen molar-refractivity contribution in [2.75, 3.05) is 0 Å². The van der Waals surface area contributed by atoms with Crippen LogP contribution in [0.1, 0.15) is 5.56 Å². The summed E-state index contributed by atoms with van der Waals surface area (Å²) in [4.78, 5) is 0.797. The molecule has 0 radical (unpaired) electrons. The van der Waals surface area contributed by atoms with Crippen molar-refractivity contribution in [1.82, 2.24) is 0 Å². The van der Waals surface area contributed by atoms with Crippen molar-refractivity contribution in [3.05, 3.63) is 23.1 Å². The van der Waals surface area contributed by atoms with Crippen LogP contribution in [0, 0.1) is 0 Å². The van der Waals surface area contributed by atoms with Crippen LogP contribution in [0.15, 0.2) is 22.4 Å². The topological polar surface area (TPSA) is 20.2 Å². The van der Waals surface area contributed by atoms with Crippen LogP contribution in [0.25, 0.3) is 10.1 Å². The molecule has 0 saturated carbocycles. The van der Waals surface area contributed by atoms with Crippen molar-refractivity contribution >= 4 is 50.0 Å². The molecular formula is C9H7BrOS2. The fourth-order valence-electron chi connectivity index (χ4n) is 1.26. The molecule has 0 atom stereocenters. The number of halogens is 1. The van der Waals surface area contributed by atoms with Crippen LogP contribution in [0.4, 0.5) is 0 Å². The molecule has 2 aromatic rings. The zero-order valence-electron chi connectivity index (χ0n) is 6.62. The van der Waals surface area contributed by atoms with Crippen LogP contribution in [0.3, 0.4) is 0 Å². The highest BCUT2D eigenvalue weighted by Crippen LogP contribution is 2.36. The van der Waals surface area contributed by atoms with E-state index in [0.29, 0.717) is 5.75 Å². The molecule has 13 heavy (non-hydrogen) atoms. The summed E-state index contributed by atoms with van der Waals surface area (Å²) in [7, 11) is 0. The van der Waals surface area contributed by atoms with Crippen molar-refractivity contribution in [3.63, 3.8) is 0 Å². The van der Waals surface area contributed by atoms with E-state index in [1.54, 1.807) is 17.4 Å². The van der Waals surface area contributed by atoms with Crippen molar-refractivity contribution in [2.45, 2.75) is 10.2 Å². The Hall–Kier alpha value is -0.190. The Morgan fingerprint density at radius 3 is 2.92 bits per heavy atom. The smallest absolute Gasteiger partial charge is 0.134 e. The number of thiophene rings is 1. The van der Waals surface area contributed by atoms with Crippen LogP contribution in [0.5, 0.6) is 5.75 Å². The first-order chi connectivity index (χ1) is 6.22. The molecule has 0 fully saturated rings. The third-order valence-corrected chi connectivity index (χ3v) is 3.79. The normalized spacial score (nSPS) is 10.9. The number of hydrogen-bond acceptors (Lipinski definition) is 3. The lowest BCUT2D eigenvalue weighted by atomic mass is 10.2. The van der Waals surface area contributed by atoms with E-state index in [1.165, 1.54) is 5.56 Å². The van der Waals surface area contributed by atoms with E-state index in [-0.39, 0.29) is 0 Å². The molecule has 0 aliphatic carbocycles. The molecule has 1 aromatic heterocycles. The molecule has 0 unspecified atom stereocenters. The Labute approximate surface area is 93.9 Å². The number of phenols is 1. The van der Waals surface area contributed by atoms with Crippen LogP contribution in [-0.2, 0) is 5.33 Å². The van der Waals surface area contributed by atoms with Crippen LogP contribution >= 0.6 is 39.9 Å². The number of fused-ring (bicyclic) bond motifs is 1. The summed E-state index contributed by atoms with van der Waals surface area (Å²) < 4.78 is 0.937. The molecule has 1 aromatic carbocycles. The number of alkyl halides is 1. The molecule has 0 bridgehead atoms. The largest absolute Gasteiger partial charge is 0.506 e. The summed E-state index contributed by atoms with van der Waals surface area (Å²) in [5.41, 5.74) is 1.20. The van der Waals surface area contributed by atoms with Crippen molar-refractivity contribution < 1.29 is 5.11 Å². The first-order valence-corrected chi connectivity index (χ1v) is 6.15. The Balaban J connectivity index is 2.82. The zero-order chi connectivity index (χ0) is 9.42. The third kappa shape index (κ3) is 1.58. The van der Waals surface area contributed by atoms with Gasteiger partial charge in [-0.05, 0) is 23.1 Å². The minimum Gasteiger partial charge on any atom is -0.506 e. The van der Waals surface area contributed by atoms with Gasteiger partial charge in [0.25, 0.3) is 0 Å². The predicted octanol–water partition coefficient (Wildman–Crippen LogP) is 3.79. The first-order valence-electron chi connectivity index (χ1n) is 3.70. The lowest BCUT2D eigenvalue weighted by Gasteiger charge is -1.98. The number of hydrogen-bond donors (Lipinski definition) is 2. The second kappa shape index (κ2) is 3.52. The van der Waals surface area contributed by atoms with Gasteiger partial charge in [-0.25, -0.2) is 0 Å². The summed E-state index contributed by atoms with van der Waals surface area (Å²) in [5.74, 6) is 0.319. The lowest BCUT2D eigenvalue weighted by Crippen LogP contribution is -1.74. The quantitative estimate of drug-likeness (QED) is 0.599. The van der Waals surface area contributed by atoms with E-state index in [4.69, 9.17) is 0 Å². The molecule has 2 rings (SSSR count). The van der Waals surface area contributed by atoms with Gasteiger partial charge in [0.05, 0.1) is 4.70 Å². The van der Waals surface area contributed by atoms with E-state index in [0.717, 1.165) is 20.3 Å². The molecule has 0 amide bonds. The summed E-state index contributed by atoms with van der Waals surface area (Å²) in [5, 5.41) is 13.6. The number of rotatable bonds is 1. The molecule has 0 aliphatic rings. The summed E-state index contributed by atoms with van der Waals surface area (Å²) in [6, 6.07) is 3.64. The maximum Gasteiger partial charge on any atom is 0.134 e.